The van der Waals surface area contributed by atoms with E-state index in [9.17, 15) is 36.3 Å². The molecule has 4 aromatic heterocycles. The molecule has 0 bridgehead atoms. The van der Waals surface area contributed by atoms with Crippen molar-refractivity contribution in [3.05, 3.63) is 65.4 Å². The Morgan fingerprint density at radius 2 is 1.82 bits per heavy atom. The van der Waals surface area contributed by atoms with Crippen molar-refractivity contribution in [3.63, 3.8) is 0 Å². The number of nitrogens with zero attached hydrogens (tertiary/aromatic N) is 9. The van der Waals surface area contributed by atoms with E-state index in [1.807, 2.05) is 22.9 Å². The minimum Gasteiger partial charge on any atom is -0.377 e. The van der Waals surface area contributed by atoms with Crippen molar-refractivity contribution < 1.29 is 50.2 Å². The molecule has 22 heteroatoms. The number of anilines is 2. The number of piperidine rings is 2. The molecule has 1 aromatic carbocycles. The zero-order chi connectivity index (χ0) is 47.3. The highest BCUT2D eigenvalue weighted by atomic mass is 19.4. The summed E-state index contributed by atoms with van der Waals surface area (Å²) in [6, 6.07) is 5.13. The lowest BCUT2D eigenvalue weighted by atomic mass is 9.85. The average molecular weight is 950 g/mol. The van der Waals surface area contributed by atoms with Crippen LogP contribution in [0.2, 0.25) is 0 Å². The fraction of sp³-hybridized carbons (Fsp3) is 0.543. The third-order valence-electron chi connectivity index (χ3n) is 13.7. The molecular formula is C46H49F6N11O5. The largest absolute Gasteiger partial charge is 0.411 e. The zero-order valence-electron chi connectivity index (χ0n) is 36.8. The van der Waals surface area contributed by atoms with Crippen LogP contribution in [0, 0.1) is 17.8 Å². The van der Waals surface area contributed by atoms with E-state index in [0.29, 0.717) is 44.5 Å². The van der Waals surface area contributed by atoms with Crippen molar-refractivity contribution in [2.75, 3.05) is 56.2 Å². The number of halogens is 6. The Balaban J connectivity index is 0.718. The molecule has 5 aliphatic rings. The van der Waals surface area contributed by atoms with Crippen molar-refractivity contribution >= 4 is 45.8 Å². The normalized spacial score (nSPS) is 25.2. The van der Waals surface area contributed by atoms with Gasteiger partial charge in [0.15, 0.2) is 11.3 Å². The monoisotopic (exact) mass is 949 g/mol. The van der Waals surface area contributed by atoms with Crippen LogP contribution in [-0.2, 0) is 19.1 Å². The van der Waals surface area contributed by atoms with Crippen molar-refractivity contribution in [1.82, 2.24) is 44.4 Å². The second-order valence-electron chi connectivity index (χ2n) is 18.3. The highest BCUT2D eigenvalue weighted by Gasteiger charge is 2.46. The number of ether oxygens (including phenoxy) is 2. The molecule has 7 heterocycles. The summed E-state index contributed by atoms with van der Waals surface area (Å²) in [4.78, 5) is 45.5. The first kappa shape index (κ1) is 45.7. The molecule has 3 aliphatic heterocycles. The van der Waals surface area contributed by atoms with E-state index in [1.54, 1.807) is 0 Å². The van der Waals surface area contributed by atoms with Crippen molar-refractivity contribution in [2.45, 2.75) is 107 Å². The standard InChI is InChI=1S/C46H49F6N11O5/c47-33-23-59(16-14-35(33)68-19-2-4-27-3-1-5-30-39(31-12-13-38(64)56-44(31)65)58-63(41(27)30)29-10-11-29)22-26-6-8-28(9-7-26)62-24-34(40(57-62)42(48)49)54-45(66)32-21-53-61-17-15-37(55-43(32)61)60-18-20-67-25-36(60)46(50,51)52/h1,3,5,15,17,21,24,26,28-29,31,33,35-36,42H,6-14,16,18-20,22-23,25H2,(H,54,66)(H,56,64,65)/t26?,28?,31?,33-,35+,36+/m0/s1. The summed E-state index contributed by atoms with van der Waals surface area (Å²) in [5.41, 5.74) is 1.26. The number of imide groups is 1. The Labute approximate surface area is 385 Å². The van der Waals surface area contributed by atoms with E-state index in [4.69, 9.17) is 14.6 Å². The third-order valence-corrected chi connectivity index (χ3v) is 13.7. The topological polar surface area (TPSA) is 166 Å². The van der Waals surface area contributed by atoms with Crippen LogP contribution in [0.5, 0.6) is 0 Å². The van der Waals surface area contributed by atoms with E-state index in [0.717, 1.165) is 47.0 Å². The first-order chi connectivity index (χ1) is 32.8. The number of morpholine rings is 1. The summed E-state index contributed by atoms with van der Waals surface area (Å²) < 4.78 is 101. The molecule has 4 atom stereocenters. The van der Waals surface area contributed by atoms with Crippen LogP contribution in [0.15, 0.2) is 42.9 Å². The Kier molecular flexibility index (Phi) is 12.6. The summed E-state index contributed by atoms with van der Waals surface area (Å²) in [6.07, 6.45) is 0.388. The number of hydrogen-bond donors (Lipinski definition) is 2. The Morgan fingerprint density at radius 1 is 1.01 bits per heavy atom. The number of alkyl halides is 6. The van der Waals surface area contributed by atoms with Crippen molar-refractivity contribution in [3.8, 4) is 11.8 Å². The fourth-order valence-electron chi connectivity index (χ4n) is 10.0. The maximum atomic E-state index is 15.6. The first-order valence-electron chi connectivity index (χ1n) is 23.0. The van der Waals surface area contributed by atoms with Gasteiger partial charge in [-0.25, -0.2) is 22.7 Å². The summed E-state index contributed by atoms with van der Waals surface area (Å²) in [6.45, 7) is 0.973. The number of aromatic nitrogens is 7. The van der Waals surface area contributed by atoms with E-state index >= 15 is 4.39 Å². The number of fused-ring (bicyclic) bond motifs is 2. The van der Waals surface area contributed by atoms with Gasteiger partial charge in [0.25, 0.3) is 12.3 Å². The molecule has 1 unspecified atom stereocenters. The Hall–Kier alpha value is -6.05. The van der Waals surface area contributed by atoms with Crippen LogP contribution < -0.4 is 15.5 Å². The van der Waals surface area contributed by atoms with Crippen LogP contribution in [0.25, 0.3) is 16.6 Å². The van der Waals surface area contributed by atoms with Gasteiger partial charge in [-0.05, 0) is 69.4 Å². The predicted octanol–water partition coefficient (Wildman–Crippen LogP) is 6.30. The Morgan fingerprint density at radius 3 is 2.57 bits per heavy atom. The van der Waals surface area contributed by atoms with Gasteiger partial charge in [-0.3, -0.25) is 34.0 Å². The third kappa shape index (κ3) is 9.39. The quantitative estimate of drug-likeness (QED) is 0.0868. The molecule has 10 rings (SSSR count). The molecule has 3 amide bonds. The smallest absolute Gasteiger partial charge is 0.377 e. The molecule has 3 saturated heterocycles. The van der Waals surface area contributed by atoms with E-state index < -0.39 is 55.0 Å². The van der Waals surface area contributed by atoms with Gasteiger partial charge in [0, 0.05) is 50.4 Å². The van der Waals surface area contributed by atoms with Gasteiger partial charge < -0.3 is 19.7 Å². The molecular weight excluding hydrogens is 901 g/mol. The average Bonchev–Trinajstić information content (AvgIpc) is 3.74. The number of likely N-dealkylation sites (tertiary alicyclic amines) is 1. The molecule has 16 nitrogen and oxygen atoms in total. The number of benzene rings is 1. The molecule has 360 valence electrons. The van der Waals surface area contributed by atoms with Crippen LogP contribution in [0.4, 0.5) is 37.8 Å². The number of amides is 3. The van der Waals surface area contributed by atoms with E-state index in [1.165, 1.54) is 33.9 Å². The number of carbonyl (C=O) groups excluding carboxylic acids is 3. The van der Waals surface area contributed by atoms with Gasteiger partial charge >= 0.3 is 6.18 Å². The predicted molar refractivity (Wildman–Crippen MR) is 233 cm³/mol. The molecule has 0 radical (unpaired) electrons. The molecule has 2 aliphatic carbocycles. The van der Waals surface area contributed by atoms with Gasteiger partial charge in [0.1, 0.15) is 30.2 Å². The number of carbonyl (C=O) groups is 3. The molecule has 5 aromatic rings. The highest BCUT2D eigenvalue weighted by molar-refractivity contribution is 6.08. The number of para-hydroxylation sites is 1. The Bertz CT molecular complexity index is 2770. The van der Waals surface area contributed by atoms with Crippen LogP contribution >= 0.6 is 0 Å². The van der Waals surface area contributed by atoms with Gasteiger partial charge in [-0.15, -0.1) is 0 Å². The van der Waals surface area contributed by atoms with Gasteiger partial charge in [0.05, 0.1) is 66.0 Å². The minimum atomic E-state index is -4.59. The maximum Gasteiger partial charge on any atom is 0.411 e. The summed E-state index contributed by atoms with van der Waals surface area (Å²) in [7, 11) is 0. The molecule has 2 N–H and O–H groups in total. The lowest BCUT2D eigenvalue weighted by molar-refractivity contribution is -0.167. The SMILES string of the molecule is O=C1CCC(c2nn(C3CC3)c3c(C#CCO[C@@H]4CCN(CC5CCC(n6cc(NC(=O)c7cnn8ccc(N9CCOC[C@@H]9C(F)(F)F)nc78)c(C(F)F)n6)CC5)C[C@@H]4F)cccc23)C(=O)N1. The van der Waals surface area contributed by atoms with E-state index in [2.05, 4.69) is 42.6 Å². The van der Waals surface area contributed by atoms with Crippen LogP contribution in [-0.4, -0.2) is 127 Å². The lowest BCUT2D eigenvalue weighted by Crippen LogP contribution is -2.54. The number of nitrogens with one attached hydrogen (secondary N) is 2. The van der Waals surface area contributed by atoms with Gasteiger partial charge in [0.2, 0.25) is 11.8 Å². The molecule has 0 spiro atoms. The molecule has 68 heavy (non-hydrogen) atoms. The lowest BCUT2D eigenvalue weighted by Gasteiger charge is -2.38. The molecule has 5 fully saturated rings. The second kappa shape index (κ2) is 18.8. The molecule has 2 saturated carbocycles. The number of rotatable bonds is 11. The fourth-order valence-corrected chi connectivity index (χ4v) is 10.0. The maximum absolute atomic E-state index is 15.6. The highest BCUT2D eigenvalue weighted by Crippen LogP contribution is 2.41. The van der Waals surface area contributed by atoms with Crippen LogP contribution in [0.1, 0.15) is 110 Å². The van der Waals surface area contributed by atoms with Crippen LogP contribution in [0.3, 0.4) is 0 Å². The summed E-state index contributed by atoms with van der Waals surface area (Å²) >= 11 is 0. The summed E-state index contributed by atoms with van der Waals surface area (Å²) in [5, 5.41) is 18.9. The zero-order valence-corrected chi connectivity index (χ0v) is 36.8. The van der Waals surface area contributed by atoms with E-state index in [-0.39, 0.29) is 85.3 Å². The second-order valence-corrected chi connectivity index (χ2v) is 18.3. The summed E-state index contributed by atoms with van der Waals surface area (Å²) in [5.74, 6) is 4.52. The minimum absolute atomic E-state index is 0.0376. The van der Waals surface area contributed by atoms with Crippen molar-refractivity contribution in [1.29, 1.82) is 0 Å². The van der Waals surface area contributed by atoms with Gasteiger partial charge in [-0.2, -0.15) is 28.5 Å². The van der Waals surface area contributed by atoms with Crippen molar-refractivity contribution in [2.24, 2.45) is 5.92 Å². The van der Waals surface area contributed by atoms with Gasteiger partial charge in [-0.1, -0.05) is 24.0 Å². The first-order valence-corrected chi connectivity index (χ1v) is 23.0. The number of hydrogen-bond acceptors (Lipinski definition) is 11.